The van der Waals surface area contributed by atoms with Crippen LogP contribution in [0.4, 0.5) is 0 Å². The van der Waals surface area contributed by atoms with Crippen molar-refractivity contribution < 1.29 is 9.59 Å². The van der Waals surface area contributed by atoms with E-state index >= 15 is 0 Å². The fourth-order valence-electron chi connectivity index (χ4n) is 1.41. The average Bonchev–Trinajstić information content (AvgIpc) is 2.34. The lowest BCUT2D eigenvalue weighted by Gasteiger charge is -2.13. The number of hydrogen-bond acceptors (Lipinski definition) is 4. The molecule has 1 saturated heterocycles. The summed E-state index contributed by atoms with van der Waals surface area (Å²) >= 11 is 1.56. The van der Waals surface area contributed by atoms with E-state index in [1.807, 2.05) is 6.92 Å². The monoisotopic (exact) mass is 216 g/mol. The van der Waals surface area contributed by atoms with Gasteiger partial charge in [0.25, 0.3) is 0 Å². The molecule has 0 radical (unpaired) electrons. The van der Waals surface area contributed by atoms with Gasteiger partial charge in [0, 0.05) is 18.7 Å². The minimum atomic E-state index is -0.186. The standard InChI is InChI=1S/C9H16N2O2S/c1-6(3-4-10)14-7-5-8(12)11(2)9(7)13/h6-7H,3-5,10H2,1-2H3. The topological polar surface area (TPSA) is 63.4 Å². The van der Waals surface area contributed by atoms with E-state index in [9.17, 15) is 9.59 Å². The number of nitrogens with two attached hydrogens (primary N) is 1. The highest BCUT2D eigenvalue weighted by molar-refractivity contribution is 8.01. The second kappa shape index (κ2) is 4.79. The normalized spacial score (nSPS) is 24.5. The third kappa shape index (κ3) is 2.48. The number of rotatable bonds is 4. The Morgan fingerprint density at radius 2 is 2.29 bits per heavy atom. The number of likely N-dealkylation sites (tertiary alicyclic amines) is 1. The summed E-state index contributed by atoms with van der Waals surface area (Å²) in [5.74, 6) is -0.142. The molecule has 1 aliphatic rings. The Bertz CT molecular complexity index is 245. The van der Waals surface area contributed by atoms with Gasteiger partial charge in [0.05, 0.1) is 5.25 Å². The van der Waals surface area contributed by atoms with E-state index in [0.29, 0.717) is 18.2 Å². The van der Waals surface area contributed by atoms with Crippen LogP contribution in [0.15, 0.2) is 0 Å². The minimum Gasteiger partial charge on any atom is -0.330 e. The van der Waals surface area contributed by atoms with Crippen LogP contribution in [0, 0.1) is 0 Å². The van der Waals surface area contributed by atoms with Crippen LogP contribution in [0.5, 0.6) is 0 Å². The van der Waals surface area contributed by atoms with Crippen LogP contribution >= 0.6 is 11.8 Å². The van der Waals surface area contributed by atoms with Crippen molar-refractivity contribution >= 4 is 23.6 Å². The first kappa shape index (κ1) is 11.5. The Morgan fingerprint density at radius 3 is 2.71 bits per heavy atom. The highest BCUT2D eigenvalue weighted by atomic mass is 32.2. The Morgan fingerprint density at radius 1 is 1.64 bits per heavy atom. The lowest BCUT2D eigenvalue weighted by molar-refractivity contribution is -0.136. The van der Waals surface area contributed by atoms with Crippen molar-refractivity contribution in [2.45, 2.75) is 30.3 Å². The molecule has 80 valence electrons. The van der Waals surface area contributed by atoms with Gasteiger partial charge in [0.2, 0.25) is 11.8 Å². The number of carbonyl (C=O) groups excluding carboxylic acids is 2. The SMILES string of the molecule is CC(CCN)SC1CC(=O)N(C)C1=O. The zero-order chi connectivity index (χ0) is 10.7. The number of nitrogens with zero attached hydrogens (tertiary/aromatic N) is 1. The summed E-state index contributed by atoms with van der Waals surface area (Å²) in [6.45, 7) is 2.66. The van der Waals surface area contributed by atoms with Crippen molar-refractivity contribution in [1.29, 1.82) is 0 Å². The summed E-state index contributed by atoms with van der Waals surface area (Å²) in [5, 5.41) is 0.155. The van der Waals surface area contributed by atoms with E-state index in [1.54, 1.807) is 18.8 Å². The number of hydrogen-bond donors (Lipinski definition) is 1. The molecule has 0 bridgehead atoms. The third-order valence-corrected chi connectivity index (χ3v) is 3.71. The van der Waals surface area contributed by atoms with Crippen LogP contribution in [-0.2, 0) is 9.59 Å². The molecule has 5 heteroatoms. The fourth-order valence-corrected chi connectivity index (χ4v) is 2.76. The number of thioether (sulfide) groups is 1. The molecule has 0 aromatic rings. The van der Waals surface area contributed by atoms with Gasteiger partial charge in [-0.1, -0.05) is 6.92 Å². The van der Waals surface area contributed by atoms with Crippen molar-refractivity contribution in [1.82, 2.24) is 4.90 Å². The van der Waals surface area contributed by atoms with Crippen molar-refractivity contribution in [3.05, 3.63) is 0 Å². The molecule has 0 aliphatic carbocycles. The molecule has 2 amide bonds. The minimum absolute atomic E-state index is 0.0659. The van der Waals surface area contributed by atoms with Crippen LogP contribution in [0.2, 0.25) is 0 Å². The second-order valence-electron chi connectivity index (χ2n) is 3.51. The Labute approximate surface area is 88.2 Å². The predicted molar refractivity (Wildman–Crippen MR) is 56.9 cm³/mol. The van der Waals surface area contributed by atoms with Crippen LogP contribution in [-0.4, -0.2) is 40.8 Å². The molecule has 4 nitrogen and oxygen atoms in total. The molecule has 0 aromatic heterocycles. The molecular weight excluding hydrogens is 200 g/mol. The summed E-state index contributed by atoms with van der Waals surface area (Å²) in [7, 11) is 1.54. The van der Waals surface area contributed by atoms with Crippen molar-refractivity contribution in [3.63, 3.8) is 0 Å². The van der Waals surface area contributed by atoms with Gasteiger partial charge in [-0.15, -0.1) is 11.8 Å². The maximum atomic E-state index is 11.5. The van der Waals surface area contributed by atoms with Crippen LogP contribution in [0.1, 0.15) is 19.8 Å². The summed E-state index contributed by atoms with van der Waals surface area (Å²) in [6, 6.07) is 0. The molecule has 0 saturated carbocycles. The van der Waals surface area contributed by atoms with E-state index in [4.69, 9.17) is 5.73 Å². The highest BCUT2D eigenvalue weighted by Gasteiger charge is 2.36. The number of amides is 2. The molecule has 0 spiro atoms. The lowest BCUT2D eigenvalue weighted by Crippen LogP contribution is -2.27. The second-order valence-corrected chi connectivity index (χ2v) is 5.15. The molecule has 2 atom stereocenters. The first-order chi connectivity index (χ1) is 6.56. The Balaban J connectivity index is 2.47. The van der Waals surface area contributed by atoms with E-state index in [0.717, 1.165) is 6.42 Å². The van der Waals surface area contributed by atoms with Gasteiger partial charge < -0.3 is 5.73 Å². The van der Waals surface area contributed by atoms with E-state index in [2.05, 4.69) is 0 Å². The number of carbonyl (C=O) groups is 2. The average molecular weight is 216 g/mol. The zero-order valence-corrected chi connectivity index (χ0v) is 9.34. The van der Waals surface area contributed by atoms with Crippen molar-refractivity contribution in [3.8, 4) is 0 Å². The predicted octanol–water partition coefficient (Wildman–Crippen LogP) is 0.214. The fraction of sp³-hybridized carbons (Fsp3) is 0.778. The first-order valence-corrected chi connectivity index (χ1v) is 5.66. The smallest absolute Gasteiger partial charge is 0.242 e. The van der Waals surface area contributed by atoms with Crippen LogP contribution in [0.3, 0.4) is 0 Å². The molecule has 2 N–H and O–H groups in total. The van der Waals surface area contributed by atoms with E-state index in [1.165, 1.54) is 4.90 Å². The highest BCUT2D eigenvalue weighted by Crippen LogP contribution is 2.28. The Hall–Kier alpha value is -0.550. The summed E-state index contributed by atoms with van der Waals surface area (Å²) in [5.41, 5.74) is 5.42. The third-order valence-electron chi connectivity index (χ3n) is 2.31. The van der Waals surface area contributed by atoms with E-state index < -0.39 is 0 Å². The molecule has 1 aliphatic heterocycles. The quantitative estimate of drug-likeness (QED) is 0.683. The number of imide groups is 1. The van der Waals surface area contributed by atoms with Gasteiger partial charge in [-0.05, 0) is 13.0 Å². The zero-order valence-electron chi connectivity index (χ0n) is 8.53. The van der Waals surface area contributed by atoms with Crippen molar-refractivity contribution in [2.75, 3.05) is 13.6 Å². The van der Waals surface area contributed by atoms with Gasteiger partial charge in [-0.2, -0.15) is 0 Å². The summed E-state index contributed by atoms with van der Waals surface area (Å²) < 4.78 is 0. The van der Waals surface area contributed by atoms with Gasteiger partial charge in [0.1, 0.15) is 0 Å². The molecule has 0 aromatic carbocycles. The summed E-state index contributed by atoms with van der Waals surface area (Å²) in [4.78, 5) is 23.9. The van der Waals surface area contributed by atoms with Crippen LogP contribution in [0.25, 0.3) is 0 Å². The largest absolute Gasteiger partial charge is 0.330 e. The lowest BCUT2D eigenvalue weighted by atomic mass is 10.3. The van der Waals surface area contributed by atoms with Gasteiger partial charge in [0.15, 0.2) is 0 Å². The summed E-state index contributed by atoms with van der Waals surface area (Å²) in [6.07, 6.45) is 1.22. The van der Waals surface area contributed by atoms with Gasteiger partial charge in [-0.25, -0.2) is 0 Å². The van der Waals surface area contributed by atoms with Gasteiger partial charge >= 0.3 is 0 Å². The molecule has 1 rings (SSSR count). The molecule has 1 fully saturated rings. The molecule has 2 unspecified atom stereocenters. The molecule has 14 heavy (non-hydrogen) atoms. The molecular formula is C9H16N2O2S. The van der Waals surface area contributed by atoms with Gasteiger partial charge in [-0.3, -0.25) is 14.5 Å². The van der Waals surface area contributed by atoms with Crippen LogP contribution < -0.4 is 5.73 Å². The maximum Gasteiger partial charge on any atom is 0.242 e. The van der Waals surface area contributed by atoms with E-state index in [-0.39, 0.29) is 17.1 Å². The Kier molecular flexibility index (Phi) is 3.95. The maximum absolute atomic E-state index is 11.5. The molecule has 1 heterocycles. The van der Waals surface area contributed by atoms with Crippen molar-refractivity contribution in [2.24, 2.45) is 5.73 Å². The first-order valence-electron chi connectivity index (χ1n) is 4.72.